The van der Waals surface area contributed by atoms with Crippen molar-refractivity contribution >= 4 is 51.4 Å². The molecule has 2 rings (SSSR count). The molecule has 0 saturated carbocycles. The first kappa shape index (κ1) is 15.9. The summed E-state index contributed by atoms with van der Waals surface area (Å²) in [5.74, 6) is 1.07. The van der Waals surface area contributed by atoms with Crippen LogP contribution in [-0.2, 0) is 4.79 Å². The quantitative estimate of drug-likeness (QED) is 0.783. The molecule has 3 N–H and O–H groups in total. The van der Waals surface area contributed by atoms with Crippen LogP contribution in [-0.4, -0.2) is 29.0 Å². The van der Waals surface area contributed by atoms with Crippen molar-refractivity contribution in [3.05, 3.63) is 23.2 Å². The van der Waals surface area contributed by atoms with Gasteiger partial charge in [-0.05, 0) is 18.2 Å². The summed E-state index contributed by atoms with van der Waals surface area (Å²) < 4.78 is 5.81. The number of nitrogens with two attached hydrogens (primary N) is 1. The molecular weight excluding hydrogens is 332 g/mol. The van der Waals surface area contributed by atoms with Crippen molar-refractivity contribution in [1.82, 2.24) is 10.2 Å². The molecule has 9 heteroatoms. The van der Waals surface area contributed by atoms with Crippen molar-refractivity contribution in [2.75, 3.05) is 23.9 Å². The van der Waals surface area contributed by atoms with Gasteiger partial charge in [-0.25, -0.2) is 0 Å². The summed E-state index contributed by atoms with van der Waals surface area (Å²) in [6.45, 7) is 0. The Balaban J connectivity index is 1.80. The smallest absolute Gasteiger partial charge is 0.225 e. The maximum absolute atomic E-state index is 11.8. The number of aromatic nitrogens is 2. The third-order valence-corrected chi connectivity index (χ3v) is 4.60. The van der Waals surface area contributed by atoms with E-state index in [0.29, 0.717) is 33.8 Å². The van der Waals surface area contributed by atoms with Crippen LogP contribution in [0.3, 0.4) is 0 Å². The van der Waals surface area contributed by atoms with Gasteiger partial charge in [0, 0.05) is 17.9 Å². The summed E-state index contributed by atoms with van der Waals surface area (Å²) in [5.41, 5.74) is 6.11. The van der Waals surface area contributed by atoms with Gasteiger partial charge in [-0.2, -0.15) is 0 Å². The van der Waals surface area contributed by atoms with Gasteiger partial charge in [0.05, 0.1) is 12.1 Å². The number of ether oxygens (including phenoxy) is 1. The molecule has 0 radical (unpaired) electrons. The SMILES string of the molecule is COc1ccc(NC(=O)CCSc2nnc(N)s2)cc1Cl. The third kappa shape index (κ3) is 4.76. The summed E-state index contributed by atoms with van der Waals surface area (Å²) >= 11 is 8.75. The average molecular weight is 345 g/mol. The van der Waals surface area contributed by atoms with Crippen molar-refractivity contribution in [2.24, 2.45) is 0 Å². The largest absolute Gasteiger partial charge is 0.495 e. The van der Waals surface area contributed by atoms with E-state index in [9.17, 15) is 4.79 Å². The number of anilines is 2. The van der Waals surface area contributed by atoms with E-state index in [1.54, 1.807) is 18.2 Å². The van der Waals surface area contributed by atoms with Crippen LogP contribution in [0.25, 0.3) is 0 Å². The molecule has 1 aromatic heterocycles. The highest BCUT2D eigenvalue weighted by Crippen LogP contribution is 2.27. The fraction of sp³-hybridized carbons (Fsp3) is 0.250. The van der Waals surface area contributed by atoms with E-state index in [4.69, 9.17) is 22.1 Å². The van der Waals surface area contributed by atoms with E-state index in [1.165, 1.54) is 30.2 Å². The fourth-order valence-electron chi connectivity index (χ4n) is 1.48. The molecule has 112 valence electrons. The molecule has 1 aromatic carbocycles. The highest BCUT2D eigenvalue weighted by atomic mass is 35.5. The predicted octanol–water partition coefficient (Wildman–Crippen LogP) is 2.90. The molecule has 0 unspecified atom stereocenters. The van der Waals surface area contributed by atoms with Crippen molar-refractivity contribution < 1.29 is 9.53 Å². The Kier molecular flexibility index (Phi) is 5.66. The van der Waals surface area contributed by atoms with Gasteiger partial charge in [0.25, 0.3) is 0 Å². The Hall–Kier alpha value is -1.51. The zero-order valence-corrected chi connectivity index (χ0v) is 13.5. The van der Waals surface area contributed by atoms with Gasteiger partial charge in [-0.1, -0.05) is 34.7 Å². The Morgan fingerprint density at radius 2 is 2.33 bits per heavy atom. The number of amides is 1. The van der Waals surface area contributed by atoms with Gasteiger partial charge in [0.2, 0.25) is 11.0 Å². The number of nitrogen functional groups attached to an aromatic ring is 1. The normalized spacial score (nSPS) is 10.4. The Morgan fingerprint density at radius 1 is 1.52 bits per heavy atom. The van der Waals surface area contributed by atoms with Gasteiger partial charge in [-0.15, -0.1) is 10.2 Å². The summed E-state index contributed by atoms with van der Waals surface area (Å²) in [6, 6.07) is 5.09. The second-order valence-electron chi connectivity index (χ2n) is 3.90. The minimum atomic E-state index is -0.0961. The molecule has 21 heavy (non-hydrogen) atoms. The fourth-order valence-corrected chi connectivity index (χ4v) is 3.38. The van der Waals surface area contributed by atoms with Gasteiger partial charge < -0.3 is 15.8 Å². The Bertz CT molecular complexity index is 635. The molecule has 1 amide bonds. The van der Waals surface area contributed by atoms with Gasteiger partial charge in [0.15, 0.2) is 4.34 Å². The van der Waals surface area contributed by atoms with E-state index in [1.807, 2.05) is 0 Å². The molecular formula is C12H13ClN4O2S2. The van der Waals surface area contributed by atoms with Crippen LogP contribution in [0.1, 0.15) is 6.42 Å². The Morgan fingerprint density at radius 3 is 2.95 bits per heavy atom. The molecule has 2 aromatic rings. The van der Waals surface area contributed by atoms with Crippen LogP contribution in [0.2, 0.25) is 5.02 Å². The second kappa shape index (κ2) is 7.48. The van der Waals surface area contributed by atoms with Gasteiger partial charge in [0.1, 0.15) is 5.75 Å². The minimum Gasteiger partial charge on any atom is -0.495 e. The predicted molar refractivity (Wildman–Crippen MR) is 86.3 cm³/mol. The number of benzene rings is 1. The number of nitrogens with zero attached hydrogens (tertiary/aromatic N) is 2. The second-order valence-corrected chi connectivity index (χ2v) is 6.66. The number of hydrogen-bond donors (Lipinski definition) is 2. The lowest BCUT2D eigenvalue weighted by atomic mass is 10.3. The molecule has 0 aliphatic rings. The molecule has 1 heterocycles. The molecule has 0 fully saturated rings. The summed E-state index contributed by atoms with van der Waals surface area (Å²) in [4.78, 5) is 11.8. The monoisotopic (exact) mass is 344 g/mol. The maximum atomic E-state index is 11.8. The third-order valence-electron chi connectivity index (χ3n) is 2.41. The molecule has 0 aliphatic heterocycles. The number of carbonyl (C=O) groups is 1. The zero-order chi connectivity index (χ0) is 15.2. The molecule has 0 saturated heterocycles. The number of methoxy groups -OCH3 is 1. The lowest BCUT2D eigenvalue weighted by Gasteiger charge is -2.07. The van der Waals surface area contributed by atoms with E-state index in [0.717, 1.165) is 4.34 Å². The highest BCUT2D eigenvalue weighted by Gasteiger charge is 2.07. The van der Waals surface area contributed by atoms with E-state index >= 15 is 0 Å². The molecule has 6 nitrogen and oxygen atoms in total. The number of rotatable bonds is 6. The average Bonchev–Trinajstić information content (AvgIpc) is 2.84. The zero-order valence-electron chi connectivity index (χ0n) is 11.1. The number of nitrogens with one attached hydrogen (secondary N) is 1. The number of carbonyl (C=O) groups excluding carboxylic acids is 1. The molecule has 0 atom stereocenters. The van der Waals surface area contributed by atoms with Crippen molar-refractivity contribution in [1.29, 1.82) is 0 Å². The molecule has 0 bridgehead atoms. The van der Waals surface area contributed by atoms with Crippen molar-refractivity contribution in [3.63, 3.8) is 0 Å². The first-order chi connectivity index (χ1) is 10.1. The van der Waals surface area contributed by atoms with Crippen LogP contribution in [0.5, 0.6) is 5.75 Å². The topological polar surface area (TPSA) is 90.1 Å². The standard InChI is InChI=1S/C12H13ClN4O2S2/c1-19-9-3-2-7(6-8(9)13)15-10(18)4-5-20-12-17-16-11(14)21-12/h2-3,6H,4-5H2,1H3,(H2,14,16)(H,15,18). The van der Waals surface area contributed by atoms with Gasteiger partial charge in [-0.3, -0.25) is 4.79 Å². The number of halogens is 1. The summed E-state index contributed by atoms with van der Waals surface area (Å²) in [6.07, 6.45) is 0.355. The lowest BCUT2D eigenvalue weighted by molar-refractivity contribution is -0.115. The first-order valence-electron chi connectivity index (χ1n) is 5.93. The van der Waals surface area contributed by atoms with E-state index < -0.39 is 0 Å². The number of hydrogen-bond acceptors (Lipinski definition) is 7. The van der Waals surface area contributed by atoms with Gasteiger partial charge >= 0.3 is 0 Å². The van der Waals surface area contributed by atoms with E-state index in [-0.39, 0.29) is 5.91 Å². The Labute approximate surface area is 135 Å². The van der Waals surface area contributed by atoms with Crippen molar-refractivity contribution in [2.45, 2.75) is 10.8 Å². The van der Waals surface area contributed by atoms with Crippen molar-refractivity contribution in [3.8, 4) is 5.75 Å². The summed E-state index contributed by atoms with van der Waals surface area (Å²) in [7, 11) is 1.54. The lowest BCUT2D eigenvalue weighted by Crippen LogP contribution is -2.12. The highest BCUT2D eigenvalue weighted by molar-refractivity contribution is 8.01. The van der Waals surface area contributed by atoms with Crippen LogP contribution in [0.4, 0.5) is 10.8 Å². The summed E-state index contributed by atoms with van der Waals surface area (Å²) in [5, 5.41) is 11.2. The van der Waals surface area contributed by atoms with Crippen LogP contribution in [0.15, 0.2) is 22.5 Å². The van der Waals surface area contributed by atoms with Crippen LogP contribution < -0.4 is 15.8 Å². The van der Waals surface area contributed by atoms with Crippen LogP contribution >= 0.6 is 34.7 Å². The minimum absolute atomic E-state index is 0.0961. The first-order valence-corrected chi connectivity index (χ1v) is 8.11. The maximum Gasteiger partial charge on any atom is 0.225 e. The van der Waals surface area contributed by atoms with Crippen LogP contribution in [0, 0.1) is 0 Å². The molecule has 0 spiro atoms. The van der Waals surface area contributed by atoms with E-state index in [2.05, 4.69) is 15.5 Å². The number of thioether (sulfide) groups is 1. The molecule has 0 aliphatic carbocycles.